The number of anilines is 1. The highest BCUT2D eigenvalue weighted by molar-refractivity contribution is 6.30. The second kappa shape index (κ2) is 5.86. The number of nitrogens with zero attached hydrogens (tertiary/aromatic N) is 1. The van der Waals surface area contributed by atoms with E-state index in [1.54, 1.807) is 12.1 Å². The topological polar surface area (TPSA) is 43.7 Å². The smallest absolute Gasteiger partial charge is 0.0606 e. The summed E-state index contributed by atoms with van der Waals surface area (Å²) in [6.07, 6.45) is 0. The van der Waals surface area contributed by atoms with Gasteiger partial charge in [-0.05, 0) is 24.3 Å². The molecule has 3 nitrogen and oxygen atoms in total. The fourth-order valence-corrected chi connectivity index (χ4v) is 1.39. The fourth-order valence-electron chi connectivity index (χ4n) is 1.26. The van der Waals surface area contributed by atoms with Crippen LogP contribution in [0.4, 0.5) is 5.69 Å². The zero-order valence-electron chi connectivity index (χ0n) is 7.86. The Morgan fingerprint density at radius 2 is 1.50 bits per heavy atom. The summed E-state index contributed by atoms with van der Waals surface area (Å²) < 4.78 is 0. The molecule has 0 aliphatic heterocycles. The summed E-state index contributed by atoms with van der Waals surface area (Å²) in [7, 11) is 0. The molecule has 0 saturated heterocycles. The van der Waals surface area contributed by atoms with Gasteiger partial charge in [0.05, 0.1) is 13.2 Å². The Labute approximate surface area is 88.5 Å². The Morgan fingerprint density at radius 3 is 1.93 bits per heavy atom. The van der Waals surface area contributed by atoms with Crippen molar-refractivity contribution in [3.63, 3.8) is 0 Å². The fraction of sp³-hybridized carbons (Fsp3) is 0.400. The van der Waals surface area contributed by atoms with Gasteiger partial charge in [0.15, 0.2) is 0 Å². The van der Waals surface area contributed by atoms with Crippen molar-refractivity contribution >= 4 is 17.3 Å². The van der Waals surface area contributed by atoms with E-state index in [1.807, 2.05) is 17.0 Å². The maximum atomic E-state index is 8.83. The number of hydrogen-bond acceptors (Lipinski definition) is 3. The molecule has 0 heterocycles. The molecule has 1 aromatic carbocycles. The van der Waals surface area contributed by atoms with Crippen LogP contribution in [0.25, 0.3) is 0 Å². The van der Waals surface area contributed by atoms with Crippen LogP contribution in [-0.2, 0) is 0 Å². The Morgan fingerprint density at radius 1 is 1.00 bits per heavy atom. The summed E-state index contributed by atoms with van der Waals surface area (Å²) >= 11 is 5.75. The normalized spacial score (nSPS) is 10.2. The van der Waals surface area contributed by atoms with Crippen molar-refractivity contribution in [2.45, 2.75) is 0 Å². The van der Waals surface area contributed by atoms with Crippen molar-refractivity contribution < 1.29 is 10.2 Å². The third-order valence-corrected chi connectivity index (χ3v) is 2.18. The molecule has 2 N–H and O–H groups in total. The van der Waals surface area contributed by atoms with Crippen LogP contribution in [-0.4, -0.2) is 36.5 Å². The molecule has 0 fully saturated rings. The average Bonchev–Trinajstić information content (AvgIpc) is 2.19. The summed E-state index contributed by atoms with van der Waals surface area (Å²) in [6, 6.07) is 7.32. The highest BCUT2D eigenvalue weighted by Crippen LogP contribution is 2.17. The maximum absolute atomic E-state index is 8.83. The van der Waals surface area contributed by atoms with E-state index in [0.29, 0.717) is 18.1 Å². The minimum atomic E-state index is 0.0721. The van der Waals surface area contributed by atoms with E-state index in [1.165, 1.54) is 0 Å². The number of benzene rings is 1. The summed E-state index contributed by atoms with van der Waals surface area (Å²) in [5.41, 5.74) is 0.956. The second-order valence-corrected chi connectivity index (χ2v) is 3.35. The third kappa shape index (κ3) is 3.18. The zero-order valence-corrected chi connectivity index (χ0v) is 8.61. The first-order valence-corrected chi connectivity index (χ1v) is 4.88. The van der Waals surface area contributed by atoms with Gasteiger partial charge in [0.25, 0.3) is 0 Å². The lowest BCUT2D eigenvalue weighted by atomic mass is 10.3. The first-order chi connectivity index (χ1) is 6.77. The van der Waals surface area contributed by atoms with E-state index in [4.69, 9.17) is 21.8 Å². The molecule has 0 amide bonds. The van der Waals surface area contributed by atoms with Crippen molar-refractivity contribution in [3.05, 3.63) is 29.3 Å². The lowest BCUT2D eigenvalue weighted by Crippen LogP contribution is -2.29. The van der Waals surface area contributed by atoms with Crippen LogP contribution >= 0.6 is 11.6 Å². The van der Waals surface area contributed by atoms with Gasteiger partial charge in [-0.25, -0.2) is 0 Å². The Hall–Kier alpha value is -0.770. The van der Waals surface area contributed by atoms with Crippen LogP contribution in [0, 0.1) is 0 Å². The van der Waals surface area contributed by atoms with Crippen LogP contribution in [0.2, 0.25) is 5.02 Å². The molecule has 1 aromatic rings. The zero-order chi connectivity index (χ0) is 10.4. The van der Waals surface area contributed by atoms with E-state index in [2.05, 4.69) is 0 Å². The van der Waals surface area contributed by atoms with E-state index >= 15 is 0 Å². The summed E-state index contributed by atoms with van der Waals surface area (Å²) in [5.74, 6) is 0. The number of rotatable bonds is 5. The van der Waals surface area contributed by atoms with Crippen molar-refractivity contribution in [2.24, 2.45) is 0 Å². The van der Waals surface area contributed by atoms with Gasteiger partial charge >= 0.3 is 0 Å². The maximum Gasteiger partial charge on any atom is 0.0606 e. The van der Waals surface area contributed by atoms with Gasteiger partial charge < -0.3 is 15.1 Å². The monoisotopic (exact) mass is 215 g/mol. The van der Waals surface area contributed by atoms with Gasteiger partial charge in [-0.1, -0.05) is 11.6 Å². The predicted molar refractivity (Wildman–Crippen MR) is 57.8 cm³/mol. The van der Waals surface area contributed by atoms with Crippen molar-refractivity contribution in [3.8, 4) is 0 Å². The SMILES string of the molecule is OCCN(CCO)c1ccc(Cl)cc1. The molecule has 0 aliphatic rings. The van der Waals surface area contributed by atoms with E-state index in [0.717, 1.165) is 5.69 Å². The molecule has 14 heavy (non-hydrogen) atoms. The van der Waals surface area contributed by atoms with Gasteiger partial charge in [0, 0.05) is 23.8 Å². The lowest BCUT2D eigenvalue weighted by Gasteiger charge is -2.22. The first-order valence-electron chi connectivity index (χ1n) is 4.50. The Kier molecular flexibility index (Phi) is 4.73. The minimum absolute atomic E-state index is 0.0721. The average molecular weight is 216 g/mol. The lowest BCUT2D eigenvalue weighted by molar-refractivity contribution is 0.281. The molecule has 4 heteroatoms. The van der Waals surface area contributed by atoms with Gasteiger partial charge in [0.2, 0.25) is 0 Å². The molecule has 0 bridgehead atoms. The quantitative estimate of drug-likeness (QED) is 0.774. The van der Waals surface area contributed by atoms with E-state index < -0.39 is 0 Å². The van der Waals surface area contributed by atoms with Gasteiger partial charge in [-0.3, -0.25) is 0 Å². The second-order valence-electron chi connectivity index (χ2n) is 2.91. The molecule has 0 aromatic heterocycles. The Balaban J connectivity index is 2.71. The van der Waals surface area contributed by atoms with Crippen LogP contribution in [0.3, 0.4) is 0 Å². The summed E-state index contributed by atoms with van der Waals surface area (Å²) in [5, 5.41) is 18.3. The number of halogens is 1. The number of aliphatic hydroxyl groups is 2. The summed E-state index contributed by atoms with van der Waals surface area (Å²) in [4.78, 5) is 1.90. The van der Waals surface area contributed by atoms with Crippen LogP contribution in [0.5, 0.6) is 0 Å². The first kappa shape index (κ1) is 11.3. The molecule has 1 rings (SSSR count). The summed E-state index contributed by atoms with van der Waals surface area (Å²) in [6.45, 7) is 1.18. The molecule has 0 radical (unpaired) electrons. The molecule has 0 unspecified atom stereocenters. The van der Waals surface area contributed by atoms with Crippen molar-refractivity contribution in [1.29, 1.82) is 0 Å². The molecule has 0 aliphatic carbocycles. The van der Waals surface area contributed by atoms with Crippen molar-refractivity contribution in [1.82, 2.24) is 0 Å². The van der Waals surface area contributed by atoms with Crippen LogP contribution in [0.1, 0.15) is 0 Å². The number of aliphatic hydroxyl groups excluding tert-OH is 2. The molecule has 0 atom stereocenters. The molecular weight excluding hydrogens is 202 g/mol. The standard InChI is InChI=1S/C10H14ClNO2/c11-9-1-3-10(4-2-9)12(5-7-13)6-8-14/h1-4,13-14H,5-8H2. The van der Waals surface area contributed by atoms with Crippen molar-refractivity contribution in [2.75, 3.05) is 31.2 Å². The van der Waals surface area contributed by atoms with Gasteiger partial charge in [-0.15, -0.1) is 0 Å². The molecule has 0 saturated carbocycles. The van der Waals surface area contributed by atoms with E-state index in [9.17, 15) is 0 Å². The highest BCUT2D eigenvalue weighted by atomic mass is 35.5. The van der Waals surface area contributed by atoms with Crippen LogP contribution < -0.4 is 4.90 Å². The third-order valence-electron chi connectivity index (χ3n) is 1.93. The predicted octanol–water partition coefficient (Wildman–Crippen LogP) is 1.13. The molecule has 0 spiro atoms. The Bertz CT molecular complexity index is 257. The van der Waals surface area contributed by atoms with E-state index in [-0.39, 0.29) is 13.2 Å². The highest BCUT2D eigenvalue weighted by Gasteiger charge is 2.04. The van der Waals surface area contributed by atoms with Gasteiger partial charge in [-0.2, -0.15) is 0 Å². The number of hydrogen-bond donors (Lipinski definition) is 2. The minimum Gasteiger partial charge on any atom is -0.395 e. The molecule has 78 valence electrons. The van der Waals surface area contributed by atoms with Gasteiger partial charge in [0.1, 0.15) is 0 Å². The van der Waals surface area contributed by atoms with Crippen LogP contribution in [0.15, 0.2) is 24.3 Å². The largest absolute Gasteiger partial charge is 0.395 e. The molecular formula is C10H14ClNO2.